The highest BCUT2D eigenvalue weighted by Crippen LogP contribution is 2.28. The van der Waals surface area contributed by atoms with Gasteiger partial charge in [-0.05, 0) is 18.6 Å². The van der Waals surface area contributed by atoms with Crippen LogP contribution in [0.1, 0.15) is 21.6 Å². The van der Waals surface area contributed by atoms with Crippen LogP contribution in [0, 0.1) is 0 Å². The Morgan fingerprint density at radius 3 is 2.46 bits per heavy atom. The quantitative estimate of drug-likeness (QED) is 0.706. The Morgan fingerprint density at radius 1 is 1.04 bits per heavy atom. The van der Waals surface area contributed by atoms with Crippen molar-refractivity contribution in [1.29, 1.82) is 0 Å². The zero-order valence-electron chi connectivity index (χ0n) is 16.6. The molecule has 28 heavy (non-hydrogen) atoms. The minimum atomic E-state index is -0.0269. The fraction of sp³-hybridized carbons (Fsp3) is 0.318. The number of carbonyl (C=O) groups excluding carboxylic acids is 1. The summed E-state index contributed by atoms with van der Waals surface area (Å²) >= 11 is 0. The average molecular weight is 375 g/mol. The van der Waals surface area contributed by atoms with Crippen LogP contribution >= 0.6 is 0 Å². The van der Waals surface area contributed by atoms with Gasteiger partial charge >= 0.3 is 0 Å². The average Bonchev–Trinajstić information content (AvgIpc) is 2.89. The van der Waals surface area contributed by atoms with Gasteiger partial charge in [0.1, 0.15) is 5.82 Å². The normalized spacial score (nSPS) is 13.8. The maximum absolute atomic E-state index is 12.1. The maximum Gasteiger partial charge on any atom is 0.254 e. The number of hydrogen-bond donors (Lipinski definition) is 0. The molecule has 144 valence electrons. The predicted molar refractivity (Wildman–Crippen MR) is 111 cm³/mol. The SMILES string of the molecule is CN(C)C(=O)c1ccc(N2CCc3c(-c4ccccc4)nn(C)c3CC2)nc1. The number of amides is 1. The van der Waals surface area contributed by atoms with Crippen LogP contribution in [0.3, 0.4) is 0 Å². The number of fused-ring (bicyclic) bond motifs is 1. The first-order valence-corrected chi connectivity index (χ1v) is 9.57. The monoisotopic (exact) mass is 375 g/mol. The molecule has 4 rings (SSSR count). The van der Waals surface area contributed by atoms with E-state index in [0.717, 1.165) is 43.0 Å². The summed E-state index contributed by atoms with van der Waals surface area (Å²) in [6.07, 6.45) is 3.52. The zero-order chi connectivity index (χ0) is 19.7. The third-order valence-electron chi connectivity index (χ3n) is 5.30. The number of anilines is 1. The Bertz CT molecular complexity index is 976. The van der Waals surface area contributed by atoms with Crippen LogP contribution in [-0.4, -0.2) is 52.8 Å². The molecule has 0 radical (unpaired) electrons. The van der Waals surface area contributed by atoms with Gasteiger partial charge in [-0.1, -0.05) is 30.3 Å². The molecule has 1 aliphatic heterocycles. The van der Waals surface area contributed by atoms with Crippen molar-refractivity contribution >= 4 is 11.7 Å². The second kappa shape index (κ2) is 7.46. The molecule has 0 unspecified atom stereocenters. The molecule has 2 aromatic heterocycles. The van der Waals surface area contributed by atoms with E-state index in [0.29, 0.717) is 5.56 Å². The number of carbonyl (C=O) groups is 1. The number of aromatic nitrogens is 3. The first kappa shape index (κ1) is 18.2. The topological polar surface area (TPSA) is 54.3 Å². The number of rotatable bonds is 3. The molecule has 3 heterocycles. The molecule has 1 aromatic carbocycles. The lowest BCUT2D eigenvalue weighted by atomic mass is 10.0. The van der Waals surface area contributed by atoms with E-state index >= 15 is 0 Å². The highest BCUT2D eigenvalue weighted by atomic mass is 16.2. The van der Waals surface area contributed by atoms with Crippen molar-refractivity contribution in [2.24, 2.45) is 7.05 Å². The fourth-order valence-electron chi connectivity index (χ4n) is 3.79. The molecule has 0 saturated carbocycles. The predicted octanol–water partition coefficient (Wildman–Crippen LogP) is 2.79. The van der Waals surface area contributed by atoms with E-state index in [1.807, 2.05) is 29.9 Å². The Balaban J connectivity index is 1.56. The maximum atomic E-state index is 12.1. The lowest BCUT2D eigenvalue weighted by Crippen LogP contribution is -2.27. The van der Waals surface area contributed by atoms with E-state index in [9.17, 15) is 4.79 Å². The summed E-state index contributed by atoms with van der Waals surface area (Å²) in [6, 6.07) is 14.2. The van der Waals surface area contributed by atoms with Gasteiger partial charge in [-0.2, -0.15) is 5.10 Å². The van der Waals surface area contributed by atoms with Crippen molar-refractivity contribution in [3.8, 4) is 11.3 Å². The highest BCUT2D eigenvalue weighted by Gasteiger charge is 2.23. The molecular weight excluding hydrogens is 350 g/mol. The molecule has 0 aliphatic carbocycles. The summed E-state index contributed by atoms with van der Waals surface area (Å²) in [5, 5.41) is 4.79. The molecule has 1 amide bonds. The Morgan fingerprint density at radius 2 is 1.79 bits per heavy atom. The van der Waals surface area contributed by atoms with Gasteiger partial charge in [0.2, 0.25) is 0 Å². The van der Waals surface area contributed by atoms with Gasteiger partial charge in [-0.25, -0.2) is 4.98 Å². The first-order valence-electron chi connectivity index (χ1n) is 9.57. The number of pyridine rings is 1. The van der Waals surface area contributed by atoms with Gasteiger partial charge in [0, 0.05) is 63.7 Å². The van der Waals surface area contributed by atoms with Gasteiger partial charge in [0.05, 0.1) is 11.3 Å². The molecular formula is C22H25N5O. The summed E-state index contributed by atoms with van der Waals surface area (Å²) in [5.74, 6) is 0.887. The van der Waals surface area contributed by atoms with Crippen LogP contribution in [0.2, 0.25) is 0 Å². The highest BCUT2D eigenvalue weighted by molar-refractivity contribution is 5.93. The zero-order valence-corrected chi connectivity index (χ0v) is 16.6. The van der Waals surface area contributed by atoms with Gasteiger partial charge in [-0.3, -0.25) is 9.48 Å². The van der Waals surface area contributed by atoms with E-state index in [1.165, 1.54) is 11.3 Å². The largest absolute Gasteiger partial charge is 0.356 e. The third-order valence-corrected chi connectivity index (χ3v) is 5.30. The number of benzene rings is 1. The summed E-state index contributed by atoms with van der Waals surface area (Å²) in [7, 11) is 5.53. The lowest BCUT2D eigenvalue weighted by molar-refractivity contribution is 0.0827. The number of nitrogens with zero attached hydrogens (tertiary/aromatic N) is 5. The van der Waals surface area contributed by atoms with E-state index < -0.39 is 0 Å². The molecule has 0 bridgehead atoms. The standard InChI is InChI=1S/C22H25N5O/c1-25(2)22(28)17-9-10-20(23-15-17)27-13-11-18-19(12-14-27)26(3)24-21(18)16-7-5-4-6-8-16/h4-10,15H,11-14H2,1-3H3. The Hall–Kier alpha value is -3.15. The summed E-state index contributed by atoms with van der Waals surface area (Å²) in [6.45, 7) is 1.77. The van der Waals surface area contributed by atoms with Crippen molar-refractivity contribution in [3.63, 3.8) is 0 Å². The van der Waals surface area contributed by atoms with Crippen LogP contribution in [-0.2, 0) is 19.9 Å². The molecule has 6 nitrogen and oxygen atoms in total. The smallest absolute Gasteiger partial charge is 0.254 e. The van der Waals surface area contributed by atoms with Gasteiger partial charge in [0.25, 0.3) is 5.91 Å². The molecule has 0 spiro atoms. The van der Waals surface area contributed by atoms with Crippen molar-refractivity contribution < 1.29 is 4.79 Å². The number of hydrogen-bond acceptors (Lipinski definition) is 4. The van der Waals surface area contributed by atoms with Gasteiger partial charge in [-0.15, -0.1) is 0 Å². The fourth-order valence-corrected chi connectivity index (χ4v) is 3.79. The van der Waals surface area contributed by atoms with E-state index in [-0.39, 0.29) is 5.91 Å². The van der Waals surface area contributed by atoms with Crippen LogP contribution in [0.5, 0.6) is 0 Å². The molecule has 3 aromatic rings. The minimum Gasteiger partial charge on any atom is -0.356 e. The number of aryl methyl sites for hydroxylation is 1. The van der Waals surface area contributed by atoms with Gasteiger partial charge in [0.15, 0.2) is 0 Å². The molecule has 0 fully saturated rings. The first-order chi connectivity index (χ1) is 13.5. The molecule has 0 saturated heterocycles. The van der Waals surface area contributed by atoms with E-state index in [4.69, 9.17) is 5.10 Å². The second-order valence-corrected chi connectivity index (χ2v) is 7.36. The Labute approximate surface area is 165 Å². The molecule has 0 atom stereocenters. The minimum absolute atomic E-state index is 0.0269. The molecule has 0 N–H and O–H groups in total. The molecule has 6 heteroatoms. The van der Waals surface area contributed by atoms with Gasteiger partial charge < -0.3 is 9.80 Å². The van der Waals surface area contributed by atoms with Crippen LogP contribution < -0.4 is 4.90 Å². The molecule has 1 aliphatic rings. The summed E-state index contributed by atoms with van der Waals surface area (Å²) < 4.78 is 2.02. The summed E-state index contributed by atoms with van der Waals surface area (Å²) in [4.78, 5) is 20.5. The van der Waals surface area contributed by atoms with Crippen LogP contribution in [0.15, 0.2) is 48.7 Å². The van der Waals surface area contributed by atoms with Crippen LogP contribution in [0.25, 0.3) is 11.3 Å². The van der Waals surface area contributed by atoms with Crippen molar-refractivity contribution in [2.75, 3.05) is 32.1 Å². The van der Waals surface area contributed by atoms with Crippen molar-refractivity contribution in [3.05, 3.63) is 65.5 Å². The van der Waals surface area contributed by atoms with E-state index in [1.54, 1.807) is 25.2 Å². The van der Waals surface area contributed by atoms with E-state index in [2.05, 4.69) is 34.1 Å². The van der Waals surface area contributed by atoms with Crippen molar-refractivity contribution in [1.82, 2.24) is 19.7 Å². The summed E-state index contributed by atoms with van der Waals surface area (Å²) in [5.41, 5.74) is 5.48. The van der Waals surface area contributed by atoms with Crippen molar-refractivity contribution in [2.45, 2.75) is 12.8 Å². The van der Waals surface area contributed by atoms with Crippen LogP contribution in [0.4, 0.5) is 5.82 Å². The third kappa shape index (κ3) is 3.38. The second-order valence-electron chi connectivity index (χ2n) is 7.36. The Kier molecular flexibility index (Phi) is 4.86. The lowest BCUT2D eigenvalue weighted by Gasteiger charge is -2.22.